The van der Waals surface area contributed by atoms with Gasteiger partial charge in [-0.15, -0.1) is 0 Å². The Labute approximate surface area is 195 Å². The number of aromatic nitrogens is 4. The first-order valence-electron chi connectivity index (χ1n) is 10.6. The largest absolute Gasteiger partial charge is 0.495 e. The zero-order chi connectivity index (χ0) is 23.1. The Bertz CT molecular complexity index is 1360. The first-order chi connectivity index (χ1) is 15.9. The van der Waals surface area contributed by atoms with Gasteiger partial charge in [-0.3, -0.25) is 4.79 Å². The summed E-state index contributed by atoms with van der Waals surface area (Å²) in [5.41, 5.74) is 4.30. The molecule has 0 unspecified atom stereocenters. The summed E-state index contributed by atoms with van der Waals surface area (Å²) in [4.78, 5) is 17.5. The third-order valence-corrected chi connectivity index (χ3v) is 5.93. The number of aryl methyl sites for hydroxylation is 2. The lowest BCUT2D eigenvalue weighted by atomic mass is 10.1. The summed E-state index contributed by atoms with van der Waals surface area (Å²) in [5.74, 6) is 1.91. The molecule has 9 heteroatoms. The van der Waals surface area contributed by atoms with Crippen molar-refractivity contribution in [2.45, 2.75) is 32.6 Å². The van der Waals surface area contributed by atoms with Crippen molar-refractivity contribution in [1.82, 2.24) is 19.9 Å². The quantitative estimate of drug-likeness (QED) is 0.415. The van der Waals surface area contributed by atoms with Gasteiger partial charge in [0.15, 0.2) is 0 Å². The number of rotatable bonds is 6. The van der Waals surface area contributed by atoms with Crippen LogP contribution in [0.4, 0.5) is 5.69 Å². The highest BCUT2D eigenvalue weighted by molar-refractivity contribution is 6.32. The van der Waals surface area contributed by atoms with Crippen molar-refractivity contribution in [2.24, 2.45) is 0 Å². The Morgan fingerprint density at radius 2 is 2.03 bits per heavy atom. The molecule has 168 valence electrons. The standard InChI is InChI=1S/C24H22ClN5O3/c1-13-4-5-16(22-27-24(33-29-22)15-6-7-15)10-20(13)30-12-18(14(2)28-30)23(31)26-17-8-9-21(32-3)19(25)11-17/h4-5,8-12,15H,6-7H2,1-3H3,(H,26,31). The summed E-state index contributed by atoms with van der Waals surface area (Å²) in [6.07, 6.45) is 3.91. The molecular formula is C24H22ClN5O3. The maximum atomic E-state index is 12.9. The van der Waals surface area contributed by atoms with E-state index >= 15 is 0 Å². The Balaban J connectivity index is 1.41. The van der Waals surface area contributed by atoms with Crippen LogP contribution in [0.3, 0.4) is 0 Å². The number of methoxy groups -OCH3 is 1. The predicted octanol–water partition coefficient (Wildman–Crippen LogP) is 5.33. The lowest BCUT2D eigenvalue weighted by molar-refractivity contribution is 0.102. The second-order valence-corrected chi connectivity index (χ2v) is 8.52. The van der Waals surface area contributed by atoms with Gasteiger partial charge in [0.05, 0.1) is 29.1 Å². The van der Waals surface area contributed by atoms with Crippen LogP contribution in [0, 0.1) is 13.8 Å². The summed E-state index contributed by atoms with van der Waals surface area (Å²) >= 11 is 6.17. The highest BCUT2D eigenvalue weighted by Crippen LogP contribution is 2.39. The van der Waals surface area contributed by atoms with E-state index in [2.05, 4.69) is 20.6 Å². The number of anilines is 1. The Morgan fingerprint density at radius 1 is 1.21 bits per heavy atom. The number of hydrogen-bond donors (Lipinski definition) is 1. The molecule has 0 spiro atoms. The maximum absolute atomic E-state index is 12.9. The molecule has 1 saturated carbocycles. The Morgan fingerprint density at radius 3 is 2.76 bits per heavy atom. The van der Waals surface area contributed by atoms with E-state index in [4.69, 9.17) is 20.9 Å². The number of hydrogen-bond acceptors (Lipinski definition) is 6. The molecule has 1 aliphatic carbocycles. The molecule has 2 aromatic carbocycles. The number of halogens is 1. The van der Waals surface area contributed by atoms with Crippen LogP contribution < -0.4 is 10.1 Å². The van der Waals surface area contributed by atoms with E-state index in [-0.39, 0.29) is 5.91 Å². The van der Waals surface area contributed by atoms with Gasteiger partial charge in [-0.2, -0.15) is 10.1 Å². The van der Waals surface area contributed by atoms with Crippen LogP contribution in [0.2, 0.25) is 5.02 Å². The van der Waals surface area contributed by atoms with Crippen molar-refractivity contribution in [3.63, 3.8) is 0 Å². The van der Waals surface area contributed by atoms with E-state index in [1.165, 1.54) is 0 Å². The van der Waals surface area contributed by atoms with Gasteiger partial charge >= 0.3 is 0 Å². The van der Waals surface area contributed by atoms with E-state index < -0.39 is 0 Å². The molecule has 33 heavy (non-hydrogen) atoms. The summed E-state index contributed by atoms with van der Waals surface area (Å²) in [6.45, 7) is 3.79. The van der Waals surface area contributed by atoms with Gasteiger partial charge in [0.25, 0.3) is 5.91 Å². The molecule has 2 aromatic heterocycles. The zero-order valence-corrected chi connectivity index (χ0v) is 19.2. The van der Waals surface area contributed by atoms with Gasteiger partial charge < -0.3 is 14.6 Å². The second kappa shape index (κ2) is 8.37. The smallest absolute Gasteiger partial charge is 0.259 e. The second-order valence-electron chi connectivity index (χ2n) is 8.11. The average Bonchev–Trinajstić information content (AvgIpc) is 3.39. The molecule has 8 nitrogen and oxygen atoms in total. The number of nitrogens with one attached hydrogen (secondary N) is 1. The van der Waals surface area contributed by atoms with E-state index in [0.717, 1.165) is 29.7 Å². The van der Waals surface area contributed by atoms with Crippen LogP contribution in [0.5, 0.6) is 5.75 Å². The van der Waals surface area contributed by atoms with Gasteiger partial charge in [0, 0.05) is 23.4 Å². The molecule has 0 radical (unpaired) electrons. The normalized spacial score (nSPS) is 13.2. The third kappa shape index (κ3) is 4.21. The van der Waals surface area contributed by atoms with Gasteiger partial charge in [-0.05, 0) is 56.5 Å². The molecule has 5 rings (SSSR count). The van der Waals surface area contributed by atoms with Crippen LogP contribution in [-0.2, 0) is 0 Å². The Hall–Kier alpha value is -3.65. The molecule has 4 aromatic rings. The van der Waals surface area contributed by atoms with Crippen LogP contribution >= 0.6 is 11.6 Å². The zero-order valence-electron chi connectivity index (χ0n) is 18.4. The molecule has 1 aliphatic rings. The monoisotopic (exact) mass is 463 g/mol. The minimum absolute atomic E-state index is 0.277. The summed E-state index contributed by atoms with van der Waals surface area (Å²) in [6, 6.07) is 11.0. The van der Waals surface area contributed by atoms with Crippen LogP contribution in [0.1, 0.15) is 46.3 Å². The number of amides is 1. The SMILES string of the molecule is COc1ccc(NC(=O)c2cn(-c3cc(-c4noc(C5CC5)n4)ccc3C)nc2C)cc1Cl. The summed E-state index contributed by atoms with van der Waals surface area (Å²) in [5, 5.41) is 12.0. The van der Waals surface area contributed by atoms with E-state index in [1.54, 1.807) is 43.1 Å². The minimum atomic E-state index is -0.277. The Kier molecular flexibility index (Phi) is 5.38. The van der Waals surface area contributed by atoms with E-state index in [9.17, 15) is 4.79 Å². The molecule has 2 heterocycles. The maximum Gasteiger partial charge on any atom is 0.259 e. The fourth-order valence-corrected chi connectivity index (χ4v) is 3.85. The number of benzene rings is 2. The number of ether oxygens (including phenoxy) is 1. The predicted molar refractivity (Wildman–Crippen MR) is 124 cm³/mol. The van der Waals surface area contributed by atoms with E-state index in [1.807, 2.05) is 25.1 Å². The van der Waals surface area contributed by atoms with Crippen molar-refractivity contribution >= 4 is 23.2 Å². The topological polar surface area (TPSA) is 95.1 Å². The molecule has 0 atom stereocenters. The lowest BCUT2D eigenvalue weighted by Gasteiger charge is -2.08. The lowest BCUT2D eigenvalue weighted by Crippen LogP contribution is -2.12. The van der Waals surface area contributed by atoms with Crippen molar-refractivity contribution in [2.75, 3.05) is 12.4 Å². The molecule has 1 N–H and O–H groups in total. The summed E-state index contributed by atoms with van der Waals surface area (Å²) < 4.78 is 12.3. The fraction of sp³-hybridized carbons (Fsp3) is 0.250. The molecular weight excluding hydrogens is 442 g/mol. The first-order valence-corrected chi connectivity index (χ1v) is 11.0. The summed E-state index contributed by atoms with van der Waals surface area (Å²) in [7, 11) is 1.54. The van der Waals surface area contributed by atoms with Gasteiger partial charge in [0.2, 0.25) is 11.7 Å². The number of carbonyl (C=O) groups is 1. The molecule has 0 bridgehead atoms. The van der Waals surface area contributed by atoms with Gasteiger partial charge in [-0.25, -0.2) is 4.68 Å². The van der Waals surface area contributed by atoms with Gasteiger partial charge in [-0.1, -0.05) is 28.9 Å². The minimum Gasteiger partial charge on any atom is -0.495 e. The van der Waals surface area contributed by atoms with E-state index in [0.29, 0.717) is 45.3 Å². The van der Waals surface area contributed by atoms with Crippen LogP contribution in [0.15, 0.2) is 47.1 Å². The highest BCUT2D eigenvalue weighted by Gasteiger charge is 2.30. The van der Waals surface area contributed by atoms with Crippen molar-refractivity contribution in [3.05, 3.63) is 70.3 Å². The fourth-order valence-electron chi connectivity index (χ4n) is 3.59. The molecule has 1 fully saturated rings. The number of carbonyl (C=O) groups excluding carboxylic acids is 1. The van der Waals surface area contributed by atoms with Gasteiger partial charge in [0.1, 0.15) is 5.75 Å². The highest BCUT2D eigenvalue weighted by atomic mass is 35.5. The average molecular weight is 464 g/mol. The van der Waals surface area contributed by atoms with Crippen molar-refractivity contribution < 1.29 is 14.1 Å². The third-order valence-electron chi connectivity index (χ3n) is 5.64. The van der Waals surface area contributed by atoms with Crippen LogP contribution in [0.25, 0.3) is 17.1 Å². The molecule has 1 amide bonds. The van der Waals surface area contributed by atoms with Crippen molar-refractivity contribution in [1.29, 1.82) is 0 Å². The number of nitrogens with zero attached hydrogens (tertiary/aromatic N) is 4. The first kappa shape index (κ1) is 21.2. The van der Waals surface area contributed by atoms with Crippen molar-refractivity contribution in [3.8, 4) is 22.8 Å². The van der Waals surface area contributed by atoms with Crippen LogP contribution in [-0.4, -0.2) is 32.9 Å². The molecule has 0 aliphatic heterocycles. The molecule has 0 saturated heterocycles.